The van der Waals surface area contributed by atoms with Crippen molar-refractivity contribution in [3.05, 3.63) is 94.0 Å². The molecule has 0 bridgehead atoms. The number of rotatable bonds is 7. The van der Waals surface area contributed by atoms with Gasteiger partial charge in [0.2, 0.25) is 11.8 Å². The van der Waals surface area contributed by atoms with Crippen LogP contribution in [0, 0.1) is 11.6 Å². The lowest BCUT2D eigenvalue weighted by atomic mass is 10.0. The van der Waals surface area contributed by atoms with Gasteiger partial charge < -0.3 is 20.9 Å². The van der Waals surface area contributed by atoms with Crippen LogP contribution in [0.15, 0.2) is 60.7 Å². The number of amides is 4. The molecule has 4 amide bonds. The molecule has 228 valence electrons. The Balaban J connectivity index is 1.57. The molecule has 0 radical (unpaired) electrons. The quantitative estimate of drug-likeness (QED) is 0.273. The van der Waals surface area contributed by atoms with Gasteiger partial charge in [0.25, 0.3) is 0 Å². The number of nitrogens with one attached hydrogen (secondary N) is 3. The number of alkyl halides is 3. The van der Waals surface area contributed by atoms with Crippen LogP contribution in [0.2, 0.25) is 5.02 Å². The van der Waals surface area contributed by atoms with Gasteiger partial charge in [-0.05, 0) is 80.3 Å². The van der Waals surface area contributed by atoms with Crippen molar-refractivity contribution in [3.8, 4) is 0 Å². The molecule has 2 unspecified atom stereocenters. The van der Waals surface area contributed by atoms with Gasteiger partial charge in [0.1, 0.15) is 23.7 Å². The largest absolute Gasteiger partial charge is 0.416 e. The summed E-state index contributed by atoms with van der Waals surface area (Å²) in [4.78, 5) is 41.5. The minimum atomic E-state index is -4.87. The Bertz CT molecular complexity index is 1530. The first kappa shape index (κ1) is 31.7. The number of fused-ring (bicyclic) bond motifs is 1. The smallest absolute Gasteiger partial charge is 0.342 e. The molecule has 2 atom stereocenters. The number of halogens is 6. The number of hydrogen-bond donors (Lipinski definition) is 3. The predicted octanol–water partition coefficient (Wildman–Crippen LogP) is 6.24. The van der Waals surface area contributed by atoms with Crippen LogP contribution >= 0.6 is 11.6 Å². The summed E-state index contributed by atoms with van der Waals surface area (Å²) in [5.74, 6) is -3.14. The maximum Gasteiger partial charge on any atom is 0.416 e. The molecule has 13 heteroatoms. The summed E-state index contributed by atoms with van der Waals surface area (Å²) in [7, 11) is 0. The SMILES string of the molecule is CC(C)N1C(=O)C(NC(=O)C(Cc2ccccc2F)NC(=O)Nc2cc(F)cc(C(F)(F)F)c2)CCc2cc(Cl)ccc21. The molecule has 1 aliphatic heterocycles. The molecular formula is C30H28ClF5N4O3. The number of anilines is 2. The maximum atomic E-state index is 14.5. The first-order chi connectivity index (χ1) is 20.2. The molecule has 3 N–H and O–H groups in total. The zero-order valence-electron chi connectivity index (χ0n) is 23.1. The Morgan fingerprint density at radius 1 is 1.05 bits per heavy atom. The number of aryl methyl sites for hydroxylation is 1. The zero-order chi connectivity index (χ0) is 31.5. The summed E-state index contributed by atoms with van der Waals surface area (Å²) in [6, 6.07) is 8.21. The molecule has 7 nitrogen and oxygen atoms in total. The highest BCUT2D eigenvalue weighted by Gasteiger charge is 2.35. The topological polar surface area (TPSA) is 90.5 Å². The molecule has 0 saturated heterocycles. The molecule has 0 spiro atoms. The fourth-order valence-corrected chi connectivity index (χ4v) is 5.08. The van der Waals surface area contributed by atoms with E-state index < -0.39 is 59.0 Å². The van der Waals surface area contributed by atoms with E-state index in [0.29, 0.717) is 29.3 Å². The van der Waals surface area contributed by atoms with Crippen molar-refractivity contribution in [1.82, 2.24) is 10.6 Å². The lowest BCUT2D eigenvalue weighted by molar-refractivity contribution is -0.137. The number of nitrogens with zero attached hydrogens (tertiary/aromatic N) is 1. The van der Waals surface area contributed by atoms with Crippen molar-refractivity contribution in [2.45, 2.75) is 57.4 Å². The lowest BCUT2D eigenvalue weighted by Crippen LogP contribution is -2.56. The van der Waals surface area contributed by atoms with Gasteiger partial charge in [0.15, 0.2) is 0 Å². The summed E-state index contributed by atoms with van der Waals surface area (Å²) in [5.41, 5.74) is -0.328. The molecule has 0 saturated carbocycles. The normalized spacial score (nSPS) is 15.9. The summed E-state index contributed by atoms with van der Waals surface area (Å²) in [6.45, 7) is 3.62. The summed E-state index contributed by atoms with van der Waals surface area (Å²) < 4.78 is 67.7. The van der Waals surface area contributed by atoms with Crippen molar-refractivity contribution in [2.24, 2.45) is 0 Å². The highest BCUT2D eigenvalue weighted by molar-refractivity contribution is 6.30. The minimum Gasteiger partial charge on any atom is -0.342 e. The van der Waals surface area contributed by atoms with E-state index in [-0.39, 0.29) is 30.5 Å². The number of carbonyl (C=O) groups excluding carboxylic acids is 3. The Hall–Kier alpha value is -4.19. The Labute approximate surface area is 249 Å². The van der Waals surface area contributed by atoms with Gasteiger partial charge >= 0.3 is 12.2 Å². The molecule has 1 heterocycles. The second kappa shape index (κ2) is 13.0. The van der Waals surface area contributed by atoms with Gasteiger partial charge in [0, 0.05) is 28.9 Å². The molecule has 1 aliphatic rings. The summed E-state index contributed by atoms with van der Waals surface area (Å²) in [5, 5.41) is 7.55. The number of hydrogen-bond acceptors (Lipinski definition) is 3. The van der Waals surface area contributed by atoms with E-state index >= 15 is 0 Å². The zero-order valence-corrected chi connectivity index (χ0v) is 23.8. The van der Waals surface area contributed by atoms with E-state index in [9.17, 15) is 36.3 Å². The minimum absolute atomic E-state index is 0.0612. The Morgan fingerprint density at radius 2 is 1.77 bits per heavy atom. The van der Waals surface area contributed by atoms with E-state index in [1.807, 2.05) is 13.8 Å². The maximum absolute atomic E-state index is 14.5. The van der Waals surface area contributed by atoms with Gasteiger partial charge in [-0.25, -0.2) is 13.6 Å². The van der Waals surface area contributed by atoms with E-state index in [1.165, 1.54) is 23.1 Å². The molecule has 3 aromatic rings. The van der Waals surface area contributed by atoms with E-state index in [1.54, 1.807) is 18.2 Å². The molecule has 43 heavy (non-hydrogen) atoms. The Kier molecular flexibility index (Phi) is 9.59. The average Bonchev–Trinajstić information content (AvgIpc) is 3.04. The molecule has 4 rings (SSSR count). The third-order valence-electron chi connectivity index (χ3n) is 6.86. The predicted molar refractivity (Wildman–Crippen MR) is 152 cm³/mol. The third-order valence-corrected chi connectivity index (χ3v) is 7.09. The van der Waals surface area contributed by atoms with Gasteiger partial charge in [-0.15, -0.1) is 0 Å². The van der Waals surface area contributed by atoms with Crippen LogP contribution in [0.5, 0.6) is 0 Å². The lowest BCUT2D eigenvalue weighted by Gasteiger charge is -2.30. The number of benzene rings is 3. The van der Waals surface area contributed by atoms with Crippen molar-refractivity contribution < 1.29 is 36.3 Å². The first-order valence-corrected chi connectivity index (χ1v) is 13.7. The van der Waals surface area contributed by atoms with Crippen molar-refractivity contribution >= 4 is 40.8 Å². The van der Waals surface area contributed by atoms with Crippen LogP contribution in [0.4, 0.5) is 38.1 Å². The van der Waals surface area contributed by atoms with Crippen LogP contribution in [0.25, 0.3) is 0 Å². The molecule has 0 aliphatic carbocycles. The van der Waals surface area contributed by atoms with Crippen LogP contribution in [0.1, 0.15) is 37.0 Å². The van der Waals surface area contributed by atoms with E-state index in [4.69, 9.17) is 11.6 Å². The van der Waals surface area contributed by atoms with Crippen LogP contribution in [-0.2, 0) is 28.6 Å². The molecular weight excluding hydrogens is 595 g/mol. The first-order valence-electron chi connectivity index (χ1n) is 13.3. The van der Waals surface area contributed by atoms with Crippen LogP contribution in [-0.4, -0.2) is 36.0 Å². The van der Waals surface area contributed by atoms with Crippen LogP contribution < -0.4 is 20.9 Å². The van der Waals surface area contributed by atoms with Gasteiger partial charge in [-0.2, -0.15) is 13.2 Å². The Morgan fingerprint density at radius 3 is 2.44 bits per heavy atom. The van der Waals surface area contributed by atoms with Crippen LogP contribution in [0.3, 0.4) is 0 Å². The summed E-state index contributed by atoms with van der Waals surface area (Å²) in [6.07, 6.45) is -4.64. The second-order valence-electron chi connectivity index (χ2n) is 10.3. The molecule has 0 aromatic heterocycles. The fraction of sp³-hybridized carbons (Fsp3) is 0.300. The summed E-state index contributed by atoms with van der Waals surface area (Å²) >= 11 is 6.17. The van der Waals surface area contributed by atoms with Gasteiger partial charge in [-0.3, -0.25) is 9.59 Å². The average molecular weight is 623 g/mol. The van der Waals surface area contributed by atoms with E-state index in [0.717, 1.165) is 11.6 Å². The highest BCUT2D eigenvalue weighted by Crippen LogP contribution is 2.32. The molecule has 0 fully saturated rings. The fourth-order valence-electron chi connectivity index (χ4n) is 4.88. The van der Waals surface area contributed by atoms with Crippen molar-refractivity contribution in [2.75, 3.05) is 10.2 Å². The van der Waals surface area contributed by atoms with Gasteiger partial charge in [0.05, 0.1) is 5.56 Å². The van der Waals surface area contributed by atoms with Gasteiger partial charge in [-0.1, -0.05) is 29.8 Å². The number of urea groups is 1. The monoisotopic (exact) mass is 622 g/mol. The van der Waals surface area contributed by atoms with E-state index in [2.05, 4.69) is 16.0 Å². The molecule has 3 aromatic carbocycles. The second-order valence-corrected chi connectivity index (χ2v) is 10.8. The number of carbonyl (C=O) groups is 3. The van der Waals surface area contributed by atoms with Crippen molar-refractivity contribution in [1.29, 1.82) is 0 Å². The highest BCUT2D eigenvalue weighted by atomic mass is 35.5. The van der Waals surface area contributed by atoms with Crippen molar-refractivity contribution in [3.63, 3.8) is 0 Å². The standard InChI is InChI=1S/C30H28ClF5N4O3/c1-16(2)40-26-10-8-20(31)11-18(26)7-9-24(28(40)42)38-27(41)25(12-17-5-3-4-6-23(17)33)39-29(43)37-22-14-19(30(34,35)36)13-21(32)15-22/h3-6,8,10-11,13-16,24-25H,7,9,12H2,1-2H3,(H,38,41)(H2,37,39,43). The third kappa shape index (κ3) is 7.81.